The van der Waals surface area contributed by atoms with Crippen LogP contribution in [0.2, 0.25) is 0 Å². The fraction of sp³-hybridized carbons (Fsp3) is 0.0714. The molecule has 1 fully saturated rings. The lowest BCUT2D eigenvalue weighted by molar-refractivity contribution is 0.00578. The second-order valence-corrected chi connectivity index (χ2v) is 27.1. The van der Waals surface area contributed by atoms with E-state index in [0.29, 0.717) is 0 Å². The van der Waals surface area contributed by atoms with Gasteiger partial charge >= 0.3 is 7.12 Å². The third-order valence-electron chi connectivity index (χ3n) is 20.0. The number of hydrogen-bond acceptors (Lipinski definition) is 6. The number of hydrogen-bond donors (Lipinski definition) is 0. The molecule has 0 amide bonds. The fourth-order valence-corrected chi connectivity index (χ4v) is 15.1. The summed E-state index contributed by atoms with van der Waals surface area (Å²) >= 11 is 3.53. The molecule has 98 heavy (non-hydrogen) atoms. The molecular weight excluding hydrogens is 1280 g/mol. The van der Waals surface area contributed by atoms with Gasteiger partial charge in [-0.3, -0.25) is 17.9 Å². The molecule has 0 aliphatic carbocycles. The van der Waals surface area contributed by atoms with Crippen LogP contribution in [0, 0.1) is 0 Å². The molecule has 0 atom stereocenters. The number of imidazole rings is 4. The van der Waals surface area contributed by atoms with E-state index >= 15 is 0 Å². The molecule has 1 aliphatic rings. The van der Waals surface area contributed by atoms with Crippen LogP contribution < -0.4 is 5.46 Å². The Hall–Kier alpha value is -11.7. The molecule has 1 saturated heterocycles. The number of para-hydroxylation sites is 8. The van der Waals surface area contributed by atoms with E-state index in [1.807, 2.05) is 55.1 Å². The van der Waals surface area contributed by atoms with Gasteiger partial charge < -0.3 is 28.7 Å². The molecule has 21 rings (SSSR count). The second kappa shape index (κ2) is 22.2. The van der Waals surface area contributed by atoms with E-state index in [2.05, 4.69) is 317 Å². The summed E-state index contributed by atoms with van der Waals surface area (Å²) in [5, 5.41) is 9.37. The Kier molecular flexibility index (Phi) is 13.1. The summed E-state index contributed by atoms with van der Waals surface area (Å²) in [6, 6.07) is 93.8. The maximum Gasteiger partial charge on any atom is 0.494 e. The first-order valence-corrected chi connectivity index (χ1v) is 33.8. The van der Waals surface area contributed by atoms with Crippen LogP contribution in [0.15, 0.2) is 305 Å². The standard InChI is InChI=1S/C39H24N4O.C30H26BNO3.C15H10BrN3.H/c1-3-12-33-29(10-1)30-11-2-4-13-34(30)42(33)28-17-19-38-32(24-28)31-23-26(16-18-37(31)44-38)25-8-7-9-27(22-25)43-36-15-6-5-14-35(36)41-21-20-40-39(41)43;1-29(2)30(3,4)35-31(34-29)19-13-15-27-23(17-19)24-18-20(14-16-28(24)33-27)32-25-11-7-5-9-21(25)22-10-6-8-12-26(22)32;16-11-4-3-5-12(10-11)19-14-7-2-1-6-13(14)18-9-8-17-15(18)19;/h1-24H;5-18H,1-4H3;1-10H;/q;;;-1/i;;;1+1. The van der Waals surface area contributed by atoms with Crippen LogP contribution in [0.25, 0.3) is 155 Å². The van der Waals surface area contributed by atoms with Gasteiger partial charge in [-0.2, -0.15) is 0 Å². The van der Waals surface area contributed by atoms with Crippen LogP contribution in [0.5, 0.6) is 0 Å². The largest absolute Gasteiger partial charge is 1.00 e. The highest BCUT2D eigenvalue weighted by atomic mass is 79.9. The molecule has 0 saturated carbocycles. The van der Waals surface area contributed by atoms with E-state index in [0.717, 1.165) is 121 Å². The van der Waals surface area contributed by atoms with Crippen molar-refractivity contribution in [1.29, 1.82) is 0 Å². The van der Waals surface area contributed by atoms with Gasteiger partial charge in [0, 0.05) is 89.4 Å². The Bertz CT molecular complexity index is 6480. The summed E-state index contributed by atoms with van der Waals surface area (Å²) in [6.07, 6.45) is 7.69. The minimum Gasteiger partial charge on any atom is -1.00 e. The van der Waals surface area contributed by atoms with Gasteiger partial charge in [0.05, 0.1) is 61.0 Å². The van der Waals surface area contributed by atoms with Crippen molar-refractivity contribution in [2.24, 2.45) is 0 Å². The first kappa shape index (κ1) is 57.7. The number of nitrogens with zero attached hydrogens (tertiary/aromatic N) is 8. The lowest BCUT2D eigenvalue weighted by Gasteiger charge is -2.32. The third kappa shape index (κ3) is 9.12. The van der Waals surface area contributed by atoms with Crippen molar-refractivity contribution in [1.82, 2.24) is 37.0 Å². The summed E-state index contributed by atoms with van der Waals surface area (Å²) in [7, 11) is -0.408. The summed E-state index contributed by atoms with van der Waals surface area (Å²) < 4.78 is 39.6. The summed E-state index contributed by atoms with van der Waals surface area (Å²) in [5.74, 6) is 1.83. The van der Waals surface area contributed by atoms with E-state index in [1.165, 1.54) is 43.6 Å². The van der Waals surface area contributed by atoms with E-state index < -0.39 is 7.12 Å². The molecule has 0 unspecified atom stereocenters. The molecule has 0 spiro atoms. The number of furan rings is 2. The van der Waals surface area contributed by atoms with Gasteiger partial charge in [-0.05, 0) is 178 Å². The zero-order valence-electron chi connectivity index (χ0n) is 54.9. The van der Waals surface area contributed by atoms with Crippen molar-refractivity contribution in [3.63, 3.8) is 0 Å². The molecule has 8 aromatic heterocycles. The average Bonchev–Trinajstić information content (AvgIpc) is 1.61. The summed E-state index contributed by atoms with van der Waals surface area (Å²) in [6.45, 7) is 8.32. The number of rotatable bonds is 6. The van der Waals surface area contributed by atoms with Gasteiger partial charge in [0.2, 0.25) is 11.6 Å². The Morgan fingerprint density at radius 2 is 0.704 bits per heavy atom. The van der Waals surface area contributed by atoms with E-state index in [4.69, 9.17) is 18.1 Å². The fourth-order valence-electron chi connectivity index (χ4n) is 14.7. The smallest absolute Gasteiger partial charge is 0.494 e. The highest BCUT2D eigenvalue weighted by Crippen LogP contribution is 2.41. The van der Waals surface area contributed by atoms with Gasteiger partial charge in [0.15, 0.2) is 0 Å². The Labute approximate surface area is 571 Å². The lowest BCUT2D eigenvalue weighted by Crippen LogP contribution is -2.41. The average molecular weight is 1340 g/mol. The summed E-state index contributed by atoms with van der Waals surface area (Å²) in [4.78, 5) is 9.15. The van der Waals surface area contributed by atoms with Crippen molar-refractivity contribution in [2.75, 3.05) is 0 Å². The topological polar surface area (TPSA) is 99.1 Å². The zero-order chi connectivity index (χ0) is 65.5. The van der Waals surface area contributed by atoms with Crippen molar-refractivity contribution in [2.45, 2.75) is 38.9 Å². The number of benzene rings is 12. The number of fused-ring (bicyclic) bond motifs is 18. The SMILES string of the molecule is Brc1cccc(-n2c3ccccc3n3ccnc23)c1.CC1(C)OB(c2ccc3oc4ccc(-n5c6ccccc6c6ccccc65)cc4c3c2)OC1(C)C.[2H-].c1cc(-c2ccc3oc4ccc(-n5c6ccccc6c6ccccc65)cc4c3c2)cc(-n2c3ccccc3n3ccnc23)c1. The summed E-state index contributed by atoms with van der Waals surface area (Å²) in [5.41, 5.74) is 19.8. The normalized spacial score (nSPS) is 13.8. The minimum absolute atomic E-state index is 0. The molecule has 0 bridgehead atoms. The molecule has 472 valence electrons. The van der Waals surface area contributed by atoms with Crippen LogP contribution in [-0.2, 0) is 9.31 Å². The Morgan fingerprint density at radius 3 is 1.18 bits per heavy atom. The highest BCUT2D eigenvalue weighted by molar-refractivity contribution is 9.10. The van der Waals surface area contributed by atoms with Gasteiger partial charge in [0.25, 0.3) is 0 Å². The van der Waals surface area contributed by atoms with Gasteiger partial charge in [-0.1, -0.05) is 149 Å². The molecule has 0 radical (unpaired) electrons. The predicted molar refractivity (Wildman–Crippen MR) is 404 cm³/mol. The molecule has 20 aromatic rings. The third-order valence-corrected chi connectivity index (χ3v) is 20.5. The van der Waals surface area contributed by atoms with Gasteiger partial charge in [-0.15, -0.1) is 0 Å². The second-order valence-electron chi connectivity index (χ2n) is 26.2. The lowest BCUT2D eigenvalue weighted by atomic mass is 9.78. The van der Waals surface area contributed by atoms with Crippen LogP contribution in [-0.4, -0.2) is 55.4 Å². The van der Waals surface area contributed by atoms with Crippen LogP contribution in [0.3, 0.4) is 0 Å². The molecule has 12 aromatic carbocycles. The molecule has 1 aliphatic heterocycles. The van der Waals surface area contributed by atoms with Crippen molar-refractivity contribution >= 4 is 150 Å². The Morgan fingerprint density at radius 1 is 0.327 bits per heavy atom. The maximum absolute atomic E-state index is 6.34. The van der Waals surface area contributed by atoms with E-state index in [9.17, 15) is 0 Å². The number of halogens is 1. The molecule has 9 heterocycles. The van der Waals surface area contributed by atoms with E-state index in [-0.39, 0.29) is 12.6 Å². The van der Waals surface area contributed by atoms with Gasteiger partial charge in [0.1, 0.15) is 22.3 Å². The van der Waals surface area contributed by atoms with Crippen molar-refractivity contribution in [3.8, 4) is 33.9 Å². The minimum atomic E-state index is -0.408. The molecule has 14 heteroatoms. The number of aromatic nitrogens is 8. The maximum atomic E-state index is 6.34. The molecular formula is C84H61BBrN8O4-. The zero-order valence-corrected chi connectivity index (χ0v) is 55.5. The molecule has 12 nitrogen and oxygen atoms in total. The van der Waals surface area contributed by atoms with Crippen molar-refractivity contribution in [3.05, 3.63) is 296 Å². The predicted octanol–water partition coefficient (Wildman–Crippen LogP) is 21.1. The van der Waals surface area contributed by atoms with Crippen LogP contribution in [0.4, 0.5) is 0 Å². The highest BCUT2D eigenvalue weighted by Gasteiger charge is 2.51. The van der Waals surface area contributed by atoms with Gasteiger partial charge in [-0.25, -0.2) is 9.97 Å². The first-order chi connectivity index (χ1) is 48.0. The van der Waals surface area contributed by atoms with Crippen molar-refractivity contribution < 1.29 is 19.6 Å². The Balaban J connectivity index is 0.000000115. The monoisotopic (exact) mass is 1340 g/mol. The quantitative estimate of drug-likeness (QED) is 0.154. The van der Waals surface area contributed by atoms with Crippen LogP contribution in [0.1, 0.15) is 29.1 Å². The van der Waals surface area contributed by atoms with Crippen LogP contribution >= 0.6 is 15.9 Å². The van der Waals surface area contributed by atoms with E-state index in [1.54, 1.807) is 0 Å². The first-order valence-electron chi connectivity index (χ1n) is 33.0. The molecule has 0 N–H and O–H groups in total.